The first-order chi connectivity index (χ1) is 7.11. The number of nitrogen functional groups attached to an aromatic ring is 1. The number of anilines is 1. The first-order valence-electron chi connectivity index (χ1n) is 4.84. The van der Waals surface area contributed by atoms with Crippen LogP contribution in [0.2, 0.25) is 0 Å². The normalized spacial score (nSPS) is 10.5. The molecule has 0 bridgehead atoms. The van der Waals surface area contributed by atoms with Crippen LogP contribution in [0.5, 0.6) is 0 Å². The summed E-state index contributed by atoms with van der Waals surface area (Å²) < 4.78 is 1.56. The average molecular weight is 229 g/mol. The Morgan fingerprint density at radius 1 is 1.60 bits per heavy atom. The summed E-state index contributed by atoms with van der Waals surface area (Å²) in [6.07, 6.45) is 0.876. The molecule has 0 aliphatic heterocycles. The van der Waals surface area contributed by atoms with Crippen LogP contribution >= 0.6 is 11.8 Å². The Bertz CT molecular complexity index is 362. The second-order valence-corrected chi connectivity index (χ2v) is 4.28. The van der Waals surface area contributed by atoms with Gasteiger partial charge in [-0.15, -0.1) is 11.8 Å². The molecule has 0 aliphatic carbocycles. The molecule has 1 aromatic heterocycles. The average Bonchev–Trinajstić information content (AvgIpc) is 2.45. The Morgan fingerprint density at radius 3 is 2.73 bits per heavy atom. The molecule has 0 amide bonds. The lowest BCUT2D eigenvalue weighted by Crippen LogP contribution is -2.07. The number of hydrogen-bond donors (Lipinski definition) is 2. The highest BCUT2D eigenvalue weighted by atomic mass is 32.2. The van der Waals surface area contributed by atoms with Crippen LogP contribution in [0.4, 0.5) is 5.82 Å². The standard InChI is InChI=1S/C9H15N3O2S/c1-3-5-12-7(10)6(9(13)14)8(11-12)15-4-2/h3-5,10H2,1-2H3,(H,13,14). The zero-order chi connectivity index (χ0) is 11.4. The summed E-state index contributed by atoms with van der Waals surface area (Å²) in [7, 11) is 0. The summed E-state index contributed by atoms with van der Waals surface area (Å²) >= 11 is 1.40. The number of nitrogens with two attached hydrogens (primary N) is 1. The van der Waals surface area contributed by atoms with Gasteiger partial charge in [-0.3, -0.25) is 0 Å². The summed E-state index contributed by atoms with van der Waals surface area (Å²) in [4.78, 5) is 11.0. The fourth-order valence-electron chi connectivity index (χ4n) is 1.27. The number of carbonyl (C=O) groups is 1. The minimum Gasteiger partial charge on any atom is -0.477 e. The number of aryl methyl sites for hydroxylation is 1. The molecule has 0 spiro atoms. The predicted octanol–water partition coefficient (Wildman–Crippen LogP) is 1.69. The van der Waals surface area contributed by atoms with Crippen molar-refractivity contribution in [3.63, 3.8) is 0 Å². The van der Waals surface area contributed by atoms with Crippen LogP contribution in [-0.4, -0.2) is 26.6 Å². The van der Waals surface area contributed by atoms with E-state index in [0.29, 0.717) is 11.6 Å². The molecule has 0 aliphatic rings. The Balaban J connectivity index is 3.13. The molecule has 84 valence electrons. The van der Waals surface area contributed by atoms with Gasteiger partial charge in [-0.2, -0.15) is 5.10 Å². The van der Waals surface area contributed by atoms with E-state index in [1.165, 1.54) is 11.8 Å². The number of aromatic nitrogens is 2. The molecule has 0 radical (unpaired) electrons. The molecule has 0 fully saturated rings. The molecule has 0 saturated carbocycles. The Morgan fingerprint density at radius 2 is 2.27 bits per heavy atom. The summed E-state index contributed by atoms with van der Waals surface area (Å²) in [5, 5.41) is 13.7. The van der Waals surface area contributed by atoms with Crippen molar-refractivity contribution >= 4 is 23.5 Å². The second kappa shape index (κ2) is 5.06. The van der Waals surface area contributed by atoms with Gasteiger partial charge in [0.1, 0.15) is 16.4 Å². The molecule has 0 aromatic carbocycles. The van der Waals surface area contributed by atoms with E-state index in [2.05, 4.69) is 5.10 Å². The Hall–Kier alpha value is -1.17. The third kappa shape index (κ3) is 2.44. The van der Waals surface area contributed by atoms with Crippen molar-refractivity contribution in [2.45, 2.75) is 31.8 Å². The van der Waals surface area contributed by atoms with Crippen LogP contribution in [0.3, 0.4) is 0 Å². The highest BCUT2D eigenvalue weighted by Crippen LogP contribution is 2.26. The number of carboxylic acid groups (broad SMARTS) is 1. The SMILES string of the molecule is CCCn1nc(SCC)c(C(=O)O)c1N. The van der Waals surface area contributed by atoms with E-state index in [1.54, 1.807) is 4.68 Å². The fraction of sp³-hybridized carbons (Fsp3) is 0.556. The van der Waals surface area contributed by atoms with Crippen molar-refractivity contribution < 1.29 is 9.90 Å². The van der Waals surface area contributed by atoms with Gasteiger partial charge in [-0.05, 0) is 12.2 Å². The number of carboxylic acids is 1. The molecule has 5 nitrogen and oxygen atoms in total. The van der Waals surface area contributed by atoms with Gasteiger partial charge in [0, 0.05) is 6.54 Å². The number of thioether (sulfide) groups is 1. The van der Waals surface area contributed by atoms with Gasteiger partial charge in [0.15, 0.2) is 0 Å². The monoisotopic (exact) mass is 229 g/mol. The van der Waals surface area contributed by atoms with E-state index in [-0.39, 0.29) is 11.4 Å². The predicted molar refractivity (Wildman–Crippen MR) is 60.3 cm³/mol. The number of rotatable bonds is 5. The summed E-state index contributed by atoms with van der Waals surface area (Å²) in [5.41, 5.74) is 5.86. The van der Waals surface area contributed by atoms with Crippen molar-refractivity contribution in [2.24, 2.45) is 0 Å². The first-order valence-corrected chi connectivity index (χ1v) is 5.82. The molecular formula is C9H15N3O2S. The van der Waals surface area contributed by atoms with E-state index in [9.17, 15) is 4.79 Å². The van der Waals surface area contributed by atoms with Crippen molar-refractivity contribution in [1.29, 1.82) is 0 Å². The molecule has 1 aromatic rings. The molecule has 0 unspecified atom stereocenters. The lowest BCUT2D eigenvalue weighted by molar-refractivity contribution is 0.0694. The third-order valence-corrected chi connectivity index (χ3v) is 2.74. The largest absolute Gasteiger partial charge is 0.477 e. The lowest BCUT2D eigenvalue weighted by Gasteiger charge is -1.99. The van der Waals surface area contributed by atoms with Gasteiger partial charge >= 0.3 is 5.97 Å². The van der Waals surface area contributed by atoms with Crippen molar-refractivity contribution in [3.05, 3.63) is 5.56 Å². The molecule has 6 heteroatoms. The fourth-order valence-corrected chi connectivity index (χ4v) is 2.04. The van der Waals surface area contributed by atoms with Crippen LogP contribution in [0, 0.1) is 0 Å². The van der Waals surface area contributed by atoms with Crippen LogP contribution in [-0.2, 0) is 6.54 Å². The molecule has 15 heavy (non-hydrogen) atoms. The van der Waals surface area contributed by atoms with E-state index >= 15 is 0 Å². The number of aromatic carboxylic acids is 1. The molecule has 3 N–H and O–H groups in total. The summed E-state index contributed by atoms with van der Waals surface area (Å²) in [5.74, 6) is 0.0224. The minimum absolute atomic E-state index is 0.135. The van der Waals surface area contributed by atoms with Crippen LogP contribution in [0.25, 0.3) is 0 Å². The quantitative estimate of drug-likeness (QED) is 0.751. The smallest absolute Gasteiger partial charge is 0.342 e. The van der Waals surface area contributed by atoms with E-state index in [1.807, 2.05) is 13.8 Å². The van der Waals surface area contributed by atoms with Crippen LogP contribution in [0.1, 0.15) is 30.6 Å². The van der Waals surface area contributed by atoms with Gasteiger partial charge in [0.05, 0.1) is 0 Å². The molecule has 0 atom stereocenters. The zero-order valence-corrected chi connectivity index (χ0v) is 9.67. The maximum Gasteiger partial charge on any atom is 0.342 e. The Kier molecular flexibility index (Phi) is 4.02. The highest BCUT2D eigenvalue weighted by Gasteiger charge is 2.20. The van der Waals surface area contributed by atoms with Gasteiger partial charge < -0.3 is 10.8 Å². The second-order valence-electron chi connectivity index (χ2n) is 3.03. The highest BCUT2D eigenvalue weighted by molar-refractivity contribution is 7.99. The maximum atomic E-state index is 11.0. The molecule has 1 rings (SSSR count). The van der Waals surface area contributed by atoms with Gasteiger partial charge in [0.2, 0.25) is 0 Å². The minimum atomic E-state index is -1.01. The van der Waals surface area contributed by atoms with Crippen molar-refractivity contribution in [2.75, 3.05) is 11.5 Å². The summed E-state index contributed by atoms with van der Waals surface area (Å²) in [6.45, 7) is 4.59. The first kappa shape index (κ1) is 11.9. The van der Waals surface area contributed by atoms with Gasteiger partial charge in [0.25, 0.3) is 0 Å². The molecular weight excluding hydrogens is 214 g/mol. The van der Waals surface area contributed by atoms with E-state index in [0.717, 1.165) is 12.2 Å². The van der Waals surface area contributed by atoms with E-state index in [4.69, 9.17) is 10.8 Å². The van der Waals surface area contributed by atoms with Gasteiger partial charge in [-0.1, -0.05) is 13.8 Å². The topological polar surface area (TPSA) is 81.1 Å². The third-order valence-electron chi connectivity index (χ3n) is 1.89. The number of hydrogen-bond acceptors (Lipinski definition) is 4. The lowest BCUT2D eigenvalue weighted by atomic mass is 10.3. The van der Waals surface area contributed by atoms with Crippen molar-refractivity contribution in [1.82, 2.24) is 9.78 Å². The summed E-state index contributed by atoms with van der Waals surface area (Å²) in [6, 6.07) is 0. The van der Waals surface area contributed by atoms with Crippen LogP contribution < -0.4 is 5.73 Å². The van der Waals surface area contributed by atoms with Crippen LogP contribution in [0.15, 0.2) is 5.03 Å². The van der Waals surface area contributed by atoms with Gasteiger partial charge in [-0.25, -0.2) is 9.48 Å². The molecule has 1 heterocycles. The molecule has 0 saturated heterocycles. The maximum absolute atomic E-state index is 11.0. The Labute approximate surface area is 92.6 Å². The van der Waals surface area contributed by atoms with Crippen molar-refractivity contribution in [3.8, 4) is 0 Å². The van der Waals surface area contributed by atoms with E-state index < -0.39 is 5.97 Å². The zero-order valence-electron chi connectivity index (χ0n) is 8.86. The number of nitrogens with zero attached hydrogens (tertiary/aromatic N) is 2.